The third-order valence-electron chi connectivity index (χ3n) is 3.37. The number of carbonyl (C=O) groups excluding carboxylic acids is 1. The quantitative estimate of drug-likeness (QED) is 0.892. The summed E-state index contributed by atoms with van der Waals surface area (Å²) in [5, 5.41) is 3.83. The lowest BCUT2D eigenvalue weighted by Gasteiger charge is -2.16. The van der Waals surface area contributed by atoms with Gasteiger partial charge in [0.2, 0.25) is 5.96 Å². The second-order valence-corrected chi connectivity index (χ2v) is 5.71. The first-order chi connectivity index (χ1) is 11.1. The van der Waals surface area contributed by atoms with Gasteiger partial charge in [0.15, 0.2) is 0 Å². The van der Waals surface area contributed by atoms with E-state index < -0.39 is 5.82 Å². The SMILES string of the molecule is O=C(c1ccc(F)cc1)N1CCNC1=Nc1c(Cl)cccc1Cl. The summed E-state index contributed by atoms with van der Waals surface area (Å²) in [6.07, 6.45) is 0. The van der Waals surface area contributed by atoms with Crippen molar-refractivity contribution >= 4 is 40.8 Å². The molecule has 0 bridgehead atoms. The lowest BCUT2D eigenvalue weighted by molar-refractivity contribution is 0.0859. The maximum Gasteiger partial charge on any atom is 0.260 e. The van der Waals surface area contributed by atoms with Gasteiger partial charge in [-0.3, -0.25) is 9.69 Å². The van der Waals surface area contributed by atoms with E-state index in [9.17, 15) is 9.18 Å². The van der Waals surface area contributed by atoms with Gasteiger partial charge in [-0.15, -0.1) is 0 Å². The summed E-state index contributed by atoms with van der Waals surface area (Å²) >= 11 is 12.2. The normalized spacial score (nSPS) is 15.8. The zero-order chi connectivity index (χ0) is 16.4. The van der Waals surface area contributed by atoms with Gasteiger partial charge in [0, 0.05) is 18.7 Å². The van der Waals surface area contributed by atoms with E-state index in [-0.39, 0.29) is 5.91 Å². The zero-order valence-corrected chi connectivity index (χ0v) is 13.4. The van der Waals surface area contributed by atoms with Crippen molar-refractivity contribution in [3.8, 4) is 0 Å². The second kappa shape index (κ2) is 6.56. The molecule has 0 spiro atoms. The van der Waals surface area contributed by atoms with Crippen LogP contribution in [0.2, 0.25) is 10.0 Å². The van der Waals surface area contributed by atoms with Gasteiger partial charge in [0.25, 0.3) is 5.91 Å². The molecule has 23 heavy (non-hydrogen) atoms. The molecule has 0 radical (unpaired) electrons. The van der Waals surface area contributed by atoms with Gasteiger partial charge < -0.3 is 5.32 Å². The molecular weight excluding hydrogens is 340 g/mol. The van der Waals surface area contributed by atoms with Gasteiger partial charge >= 0.3 is 0 Å². The Hall–Kier alpha value is -2.11. The number of nitrogens with one attached hydrogen (secondary N) is 1. The Morgan fingerprint density at radius 2 is 1.78 bits per heavy atom. The molecule has 1 aliphatic rings. The van der Waals surface area contributed by atoms with E-state index in [0.717, 1.165) is 0 Å². The van der Waals surface area contributed by atoms with Crippen molar-refractivity contribution in [2.24, 2.45) is 4.99 Å². The lowest BCUT2D eigenvalue weighted by Crippen LogP contribution is -2.35. The average Bonchev–Trinajstić information content (AvgIpc) is 2.99. The number of carbonyl (C=O) groups is 1. The molecule has 1 saturated heterocycles. The highest BCUT2D eigenvalue weighted by Gasteiger charge is 2.26. The molecule has 0 aromatic heterocycles. The molecule has 3 rings (SSSR count). The fourth-order valence-corrected chi connectivity index (χ4v) is 2.71. The first-order valence-corrected chi connectivity index (χ1v) is 7.66. The Kier molecular flexibility index (Phi) is 4.50. The van der Waals surface area contributed by atoms with Gasteiger partial charge in [-0.25, -0.2) is 9.38 Å². The molecule has 1 fully saturated rings. The fraction of sp³-hybridized carbons (Fsp3) is 0.125. The molecule has 1 heterocycles. The van der Waals surface area contributed by atoms with Crippen LogP contribution in [0.15, 0.2) is 47.5 Å². The van der Waals surface area contributed by atoms with Crippen LogP contribution in [0.3, 0.4) is 0 Å². The van der Waals surface area contributed by atoms with Crippen molar-refractivity contribution in [2.75, 3.05) is 13.1 Å². The Morgan fingerprint density at radius 1 is 1.13 bits per heavy atom. The molecule has 2 aromatic carbocycles. The predicted octanol–water partition coefficient (Wildman–Crippen LogP) is 3.87. The molecule has 2 aromatic rings. The van der Waals surface area contributed by atoms with Gasteiger partial charge in [0.1, 0.15) is 11.5 Å². The monoisotopic (exact) mass is 351 g/mol. The number of para-hydroxylation sites is 1. The number of rotatable bonds is 2. The fourth-order valence-electron chi connectivity index (χ4n) is 2.23. The minimum absolute atomic E-state index is 0.267. The first-order valence-electron chi connectivity index (χ1n) is 6.90. The van der Waals surface area contributed by atoms with E-state index >= 15 is 0 Å². The molecule has 0 unspecified atom stereocenters. The summed E-state index contributed by atoms with van der Waals surface area (Å²) in [5.74, 6) is -0.288. The number of benzene rings is 2. The number of hydrogen-bond acceptors (Lipinski definition) is 2. The Labute approximate surface area is 142 Å². The van der Waals surface area contributed by atoms with Gasteiger partial charge in [0.05, 0.1) is 10.0 Å². The third kappa shape index (κ3) is 3.30. The number of amides is 1. The smallest absolute Gasteiger partial charge is 0.260 e. The zero-order valence-electron chi connectivity index (χ0n) is 11.9. The van der Waals surface area contributed by atoms with Crippen LogP contribution in [0.25, 0.3) is 0 Å². The van der Waals surface area contributed by atoms with E-state index in [0.29, 0.717) is 40.3 Å². The van der Waals surface area contributed by atoms with Crippen LogP contribution >= 0.6 is 23.2 Å². The van der Waals surface area contributed by atoms with Crippen LogP contribution in [-0.2, 0) is 0 Å². The topological polar surface area (TPSA) is 44.7 Å². The molecule has 0 aliphatic carbocycles. The summed E-state index contributed by atoms with van der Waals surface area (Å²) < 4.78 is 13.0. The van der Waals surface area contributed by atoms with Crippen molar-refractivity contribution in [2.45, 2.75) is 0 Å². The van der Waals surface area contributed by atoms with E-state index in [4.69, 9.17) is 23.2 Å². The second-order valence-electron chi connectivity index (χ2n) is 4.90. The minimum Gasteiger partial charge on any atom is -0.354 e. The Balaban J connectivity index is 1.92. The third-order valence-corrected chi connectivity index (χ3v) is 3.98. The number of hydrogen-bond donors (Lipinski definition) is 1. The van der Waals surface area contributed by atoms with Gasteiger partial charge in [-0.2, -0.15) is 0 Å². The van der Waals surface area contributed by atoms with Crippen LogP contribution in [0.1, 0.15) is 10.4 Å². The minimum atomic E-state index is -0.391. The molecule has 0 atom stereocenters. The molecule has 7 heteroatoms. The molecule has 4 nitrogen and oxygen atoms in total. The van der Waals surface area contributed by atoms with Gasteiger partial charge in [-0.05, 0) is 36.4 Å². The largest absolute Gasteiger partial charge is 0.354 e. The van der Waals surface area contributed by atoms with Crippen LogP contribution in [0.4, 0.5) is 10.1 Å². The summed E-state index contributed by atoms with van der Waals surface area (Å²) in [6, 6.07) is 10.4. The van der Waals surface area contributed by atoms with Crippen molar-refractivity contribution in [3.63, 3.8) is 0 Å². The summed E-state index contributed by atoms with van der Waals surface area (Å²) in [6.45, 7) is 1.02. The Bertz CT molecular complexity index is 757. The summed E-state index contributed by atoms with van der Waals surface area (Å²) in [5.41, 5.74) is 0.783. The number of aliphatic imine (C=N–C) groups is 1. The highest BCUT2D eigenvalue weighted by molar-refractivity contribution is 6.38. The Morgan fingerprint density at radius 3 is 2.43 bits per heavy atom. The van der Waals surface area contributed by atoms with Crippen molar-refractivity contribution in [1.82, 2.24) is 10.2 Å². The lowest BCUT2D eigenvalue weighted by atomic mass is 10.2. The van der Waals surface area contributed by atoms with E-state index in [1.54, 1.807) is 18.2 Å². The highest BCUT2D eigenvalue weighted by Crippen LogP contribution is 2.33. The first kappa shape index (κ1) is 15.8. The maximum atomic E-state index is 13.0. The van der Waals surface area contributed by atoms with Gasteiger partial charge in [-0.1, -0.05) is 29.3 Å². The summed E-state index contributed by atoms with van der Waals surface area (Å²) in [4.78, 5) is 18.4. The van der Waals surface area contributed by atoms with E-state index in [1.165, 1.54) is 29.2 Å². The predicted molar refractivity (Wildman–Crippen MR) is 89.0 cm³/mol. The van der Waals surface area contributed by atoms with Crippen LogP contribution in [0, 0.1) is 5.82 Å². The van der Waals surface area contributed by atoms with Crippen molar-refractivity contribution in [1.29, 1.82) is 0 Å². The molecule has 0 saturated carbocycles. The highest BCUT2D eigenvalue weighted by atomic mass is 35.5. The van der Waals surface area contributed by atoms with Crippen molar-refractivity contribution in [3.05, 3.63) is 63.9 Å². The number of nitrogens with zero attached hydrogens (tertiary/aromatic N) is 2. The van der Waals surface area contributed by atoms with E-state index in [1.807, 2.05) is 0 Å². The molecule has 1 amide bonds. The molecule has 1 aliphatic heterocycles. The maximum absolute atomic E-state index is 13.0. The number of guanidine groups is 1. The standard InChI is InChI=1S/C16H12Cl2FN3O/c17-12-2-1-3-13(18)14(12)21-16-20-8-9-22(16)15(23)10-4-6-11(19)7-5-10/h1-7H,8-9H2,(H,20,21). The van der Waals surface area contributed by atoms with Crippen LogP contribution in [-0.4, -0.2) is 29.9 Å². The number of halogens is 3. The molecule has 1 N–H and O–H groups in total. The van der Waals surface area contributed by atoms with E-state index in [2.05, 4.69) is 10.3 Å². The average molecular weight is 352 g/mol. The molecule has 118 valence electrons. The van der Waals surface area contributed by atoms with Crippen LogP contribution in [0.5, 0.6) is 0 Å². The van der Waals surface area contributed by atoms with Crippen molar-refractivity contribution < 1.29 is 9.18 Å². The molecular formula is C16H12Cl2FN3O. The van der Waals surface area contributed by atoms with Crippen LogP contribution < -0.4 is 5.32 Å². The summed E-state index contributed by atoms with van der Waals surface area (Å²) in [7, 11) is 0.